The lowest BCUT2D eigenvalue weighted by Gasteiger charge is -2.25. The molecule has 0 aromatic heterocycles. The fraction of sp³-hybridized carbons (Fsp3) is 0.464. The van der Waals surface area contributed by atoms with Gasteiger partial charge in [0.15, 0.2) is 0 Å². The van der Waals surface area contributed by atoms with Gasteiger partial charge in [-0.25, -0.2) is 0 Å². The number of fused-ring (bicyclic) bond motifs is 2. The van der Waals surface area contributed by atoms with Crippen molar-refractivity contribution < 1.29 is 14.4 Å². The molecule has 1 heterocycles. The molecule has 2 aromatic carbocycles. The summed E-state index contributed by atoms with van der Waals surface area (Å²) in [5, 5.41) is 3.36. The minimum Gasteiger partial charge on any atom is -0.343 e. The van der Waals surface area contributed by atoms with Crippen LogP contribution in [0.25, 0.3) is 0 Å². The van der Waals surface area contributed by atoms with E-state index in [1.165, 1.54) is 0 Å². The Labute approximate surface area is 219 Å². The van der Waals surface area contributed by atoms with Crippen molar-refractivity contribution in [2.75, 3.05) is 42.9 Å². The van der Waals surface area contributed by atoms with Crippen LogP contribution in [0.2, 0.25) is 5.02 Å². The Balaban J connectivity index is 1.58. The number of carbonyl (C=O) groups is 3. The fourth-order valence-corrected chi connectivity index (χ4v) is 4.74. The third-order valence-electron chi connectivity index (χ3n) is 6.65. The molecule has 0 atom stereocenters. The van der Waals surface area contributed by atoms with Gasteiger partial charge in [-0.05, 0) is 69.2 Å². The van der Waals surface area contributed by atoms with Crippen LogP contribution in [0.4, 0.5) is 17.1 Å². The maximum atomic E-state index is 13.4. The monoisotopic (exact) mass is 512 g/mol. The van der Waals surface area contributed by atoms with E-state index < -0.39 is 0 Å². The topological polar surface area (TPSA) is 73.0 Å². The predicted molar refractivity (Wildman–Crippen MR) is 146 cm³/mol. The van der Waals surface area contributed by atoms with Gasteiger partial charge in [-0.15, -0.1) is 0 Å². The van der Waals surface area contributed by atoms with Crippen molar-refractivity contribution >= 4 is 46.4 Å². The molecule has 0 saturated heterocycles. The van der Waals surface area contributed by atoms with Gasteiger partial charge in [-0.2, -0.15) is 0 Å². The quantitative estimate of drug-likeness (QED) is 0.369. The van der Waals surface area contributed by atoms with Gasteiger partial charge in [0, 0.05) is 31.5 Å². The van der Waals surface area contributed by atoms with Gasteiger partial charge in [0.05, 0.1) is 22.6 Å². The van der Waals surface area contributed by atoms with Gasteiger partial charge in [-0.3, -0.25) is 19.3 Å². The van der Waals surface area contributed by atoms with Gasteiger partial charge in [0.2, 0.25) is 11.8 Å². The number of nitrogens with one attached hydrogen (secondary N) is 1. The molecule has 2 aromatic rings. The van der Waals surface area contributed by atoms with Gasteiger partial charge in [0.1, 0.15) is 0 Å². The summed E-state index contributed by atoms with van der Waals surface area (Å²) in [5.41, 5.74) is 2.13. The van der Waals surface area contributed by atoms with Crippen molar-refractivity contribution in [3.05, 3.63) is 53.1 Å². The van der Waals surface area contributed by atoms with Crippen LogP contribution in [0.1, 0.15) is 63.2 Å². The van der Waals surface area contributed by atoms with E-state index in [0.29, 0.717) is 47.0 Å². The number of carbonyl (C=O) groups excluding carboxylic acids is 3. The molecule has 1 aliphatic heterocycles. The molecule has 7 nitrogen and oxygen atoms in total. The Bertz CT molecular complexity index is 1070. The first-order valence-electron chi connectivity index (χ1n) is 12.9. The number of benzene rings is 2. The highest BCUT2D eigenvalue weighted by Gasteiger charge is 2.29. The molecular weight excluding hydrogens is 476 g/mol. The summed E-state index contributed by atoms with van der Waals surface area (Å²) in [6, 6.07) is 12.3. The van der Waals surface area contributed by atoms with E-state index >= 15 is 0 Å². The minimum absolute atomic E-state index is 0.0785. The molecule has 0 saturated carbocycles. The van der Waals surface area contributed by atoms with Gasteiger partial charge in [-0.1, -0.05) is 44.0 Å². The molecule has 194 valence electrons. The number of halogens is 1. The van der Waals surface area contributed by atoms with Crippen LogP contribution in [0.5, 0.6) is 0 Å². The lowest BCUT2D eigenvalue weighted by Crippen LogP contribution is -2.33. The number of rotatable bonds is 12. The van der Waals surface area contributed by atoms with Crippen molar-refractivity contribution in [3.8, 4) is 0 Å². The molecule has 3 amide bonds. The second kappa shape index (κ2) is 13.4. The SMILES string of the molecule is CCN(CC)CCCN(CCCCCC(=O)N1c2ccc(Cl)cc2NC(=O)c2ccccc21)C(C)=O. The normalized spacial score (nSPS) is 12.6. The lowest BCUT2D eigenvalue weighted by molar-refractivity contribution is -0.129. The van der Waals surface area contributed by atoms with E-state index in [0.717, 1.165) is 45.4 Å². The summed E-state index contributed by atoms with van der Waals surface area (Å²) in [4.78, 5) is 44.2. The Morgan fingerprint density at radius 1 is 0.917 bits per heavy atom. The standard InChI is InChI=1S/C28H37ClN4O3/c1-4-31(5-2)17-11-19-32(21(3)34)18-10-6-7-14-27(35)33-25-13-9-8-12-23(25)28(36)30-24-20-22(29)15-16-26(24)33/h8-9,12-13,15-16,20H,4-7,10-11,14,17-19H2,1-3H3,(H,30,36). The Morgan fingerprint density at radius 3 is 2.36 bits per heavy atom. The summed E-state index contributed by atoms with van der Waals surface area (Å²) in [6.45, 7) is 10.4. The number of anilines is 3. The first kappa shape index (κ1) is 27.7. The van der Waals surface area contributed by atoms with Gasteiger partial charge in [0.25, 0.3) is 5.91 Å². The fourth-order valence-electron chi connectivity index (χ4n) is 4.57. The lowest BCUT2D eigenvalue weighted by atomic mass is 10.1. The summed E-state index contributed by atoms with van der Waals surface area (Å²) < 4.78 is 0. The first-order chi connectivity index (χ1) is 17.3. The van der Waals surface area contributed by atoms with Gasteiger partial charge < -0.3 is 15.1 Å². The largest absolute Gasteiger partial charge is 0.343 e. The number of hydrogen-bond donors (Lipinski definition) is 1. The van der Waals surface area contributed by atoms with Crippen LogP contribution in [0, 0.1) is 0 Å². The highest BCUT2D eigenvalue weighted by molar-refractivity contribution is 6.31. The zero-order valence-electron chi connectivity index (χ0n) is 21.6. The smallest absolute Gasteiger partial charge is 0.257 e. The molecule has 3 rings (SSSR count). The summed E-state index contributed by atoms with van der Waals surface area (Å²) in [7, 11) is 0. The molecule has 1 aliphatic rings. The Hall–Kier alpha value is -2.90. The average molecular weight is 513 g/mol. The van der Waals surface area contributed by atoms with E-state index in [1.54, 1.807) is 48.2 Å². The second-order valence-corrected chi connectivity index (χ2v) is 9.50. The van der Waals surface area contributed by atoms with Crippen LogP contribution in [0.3, 0.4) is 0 Å². The summed E-state index contributed by atoms with van der Waals surface area (Å²) in [6.07, 6.45) is 3.69. The third kappa shape index (κ3) is 7.08. The van der Waals surface area contributed by atoms with Crippen molar-refractivity contribution in [3.63, 3.8) is 0 Å². The van der Waals surface area contributed by atoms with Crippen LogP contribution in [-0.4, -0.2) is 60.2 Å². The predicted octanol–water partition coefficient (Wildman–Crippen LogP) is 5.71. The highest BCUT2D eigenvalue weighted by atomic mass is 35.5. The van der Waals surface area contributed by atoms with E-state index in [4.69, 9.17) is 11.6 Å². The first-order valence-corrected chi connectivity index (χ1v) is 13.2. The van der Waals surface area contributed by atoms with Crippen molar-refractivity contribution in [2.24, 2.45) is 0 Å². The molecule has 8 heteroatoms. The van der Waals surface area contributed by atoms with Crippen molar-refractivity contribution in [2.45, 2.75) is 52.9 Å². The number of nitrogens with zero attached hydrogens (tertiary/aromatic N) is 3. The number of hydrogen-bond acceptors (Lipinski definition) is 4. The summed E-state index contributed by atoms with van der Waals surface area (Å²) in [5.74, 6) is -0.251. The maximum Gasteiger partial charge on any atom is 0.257 e. The van der Waals surface area contributed by atoms with Crippen LogP contribution in [0.15, 0.2) is 42.5 Å². The zero-order chi connectivity index (χ0) is 26.1. The highest BCUT2D eigenvalue weighted by Crippen LogP contribution is 2.39. The maximum absolute atomic E-state index is 13.4. The third-order valence-corrected chi connectivity index (χ3v) is 6.88. The molecular formula is C28H37ClN4O3. The number of amides is 3. The molecule has 0 bridgehead atoms. The van der Waals surface area contributed by atoms with E-state index in [1.807, 2.05) is 11.0 Å². The van der Waals surface area contributed by atoms with E-state index in [9.17, 15) is 14.4 Å². The minimum atomic E-state index is -0.269. The van der Waals surface area contributed by atoms with Crippen molar-refractivity contribution in [1.29, 1.82) is 0 Å². The molecule has 0 radical (unpaired) electrons. The zero-order valence-corrected chi connectivity index (χ0v) is 22.3. The summed E-state index contributed by atoms with van der Waals surface area (Å²) >= 11 is 6.16. The van der Waals surface area contributed by atoms with Gasteiger partial charge >= 0.3 is 0 Å². The number of para-hydroxylation sites is 1. The van der Waals surface area contributed by atoms with E-state index in [2.05, 4.69) is 24.1 Å². The average Bonchev–Trinajstić information content (AvgIpc) is 2.98. The van der Waals surface area contributed by atoms with Crippen molar-refractivity contribution in [1.82, 2.24) is 9.80 Å². The number of unbranched alkanes of at least 4 members (excludes halogenated alkanes) is 2. The van der Waals surface area contributed by atoms with Crippen LogP contribution < -0.4 is 10.2 Å². The molecule has 36 heavy (non-hydrogen) atoms. The molecule has 0 fully saturated rings. The van der Waals surface area contributed by atoms with Crippen LogP contribution >= 0.6 is 11.6 Å². The Kier molecular flexibility index (Phi) is 10.3. The second-order valence-electron chi connectivity index (χ2n) is 9.06. The molecule has 0 unspecified atom stereocenters. The molecule has 0 spiro atoms. The van der Waals surface area contributed by atoms with Crippen LogP contribution in [-0.2, 0) is 9.59 Å². The Morgan fingerprint density at radius 2 is 1.64 bits per heavy atom. The molecule has 0 aliphatic carbocycles. The van der Waals surface area contributed by atoms with E-state index in [-0.39, 0.29) is 17.7 Å². The molecule has 1 N–H and O–H groups in total.